The van der Waals surface area contributed by atoms with Crippen LogP contribution in [0.1, 0.15) is 42.5 Å². The number of alkyl halides is 6. The zero-order valence-corrected chi connectivity index (χ0v) is 11.4. The third kappa shape index (κ3) is 4.03. The molecule has 0 fully saturated rings. The van der Waals surface area contributed by atoms with Gasteiger partial charge in [-0.05, 0) is 18.6 Å². The lowest BCUT2D eigenvalue weighted by atomic mass is 9.94. The molecule has 2 N–H and O–H groups in total. The fourth-order valence-corrected chi connectivity index (χ4v) is 2.03. The molecular weight excluding hydrogens is 300 g/mol. The predicted octanol–water partition coefficient (Wildman–Crippen LogP) is 4.53. The number of benzene rings is 1. The third-order valence-corrected chi connectivity index (χ3v) is 2.97. The van der Waals surface area contributed by atoms with Crippen molar-refractivity contribution in [3.05, 3.63) is 28.8 Å². The molecule has 0 aliphatic carbocycles. The summed E-state index contributed by atoms with van der Waals surface area (Å²) < 4.78 is 82.0. The Balaban J connectivity index is 3.60. The van der Waals surface area contributed by atoms with Crippen LogP contribution in [-0.4, -0.2) is 7.11 Å². The minimum atomic E-state index is -4.95. The van der Waals surface area contributed by atoms with Crippen LogP contribution >= 0.6 is 0 Å². The van der Waals surface area contributed by atoms with Gasteiger partial charge in [0.2, 0.25) is 0 Å². The minimum absolute atomic E-state index is 0.0768. The van der Waals surface area contributed by atoms with E-state index in [1.165, 1.54) is 0 Å². The number of methoxy groups -OCH3 is 1. The zero-order valence-electron chi connectivity index (χ0n) is 11.4. The molecule has 0 saturated carbocycles. The van der Waals surface area contributed by atoms with Crippen molar-refractivity contribution in [3.63, 3.8) is 0 Å². The normalized spacial score (nSPS) is 14.1. The lowest BCUT2D eigenvalue weighted by molar-refractivity contribution is -0.143. The molecule has 2 nitrogen and oxygen atoms in total. The molecule has 120 valence electrons. The summed E-state index contributed by atoms with van der Waals surface area (Å²) in [5, 5.41) is 0. The molecule has 0 aliphatic heterocycles. The van der Waals surface area contributed by atoms with E-state index in [0.717, 1.165) is 7.11 Å². The Labute approximate surface area is 117 Å². The molecule has 21 heavy (non-hydrogen) atoms. The van der Waals surface area contributed by atoms with Crippen LogP contribution in [0.25, 0.3) is 0 Å². The molecule has 0 aliphatic rings. The Morgan fingerprint density at radius 3 is 2.05 bits per heavy atom. The molecule has 8 heteroatoms. The topological polar surface area (TPSA) is 35.2 Å². The number of ether oxygens (including phenoxy) is 1. The van der Waals surface area contributed by atoms with E-state index >= 15 is 0 Å². The van der Waals surface area contributed by atoms with Crippen molar-refractivity contribution in [1.82, 2.24) is 0 Å². The number of halogens is 6. The van der Waals surface area contributed by atoms with Gasteiger partial charge in [-0.25, -0.2) is 0 Å². The predicted molar refractivity (Wildman–Crippen MR) is 64.8 cm³/mol. The molecular formula is C13H15F6NO. The number of hydrogen-bond acceptors (Lipinski definition) is 2. The maximum absolute atomic E-state index is 13.1. The van der Waals surface area contributed by atoms with Crippen LogP contribution < -0.4 is 10.5 Å². The van der Waals surface area contributed by atoms with Gasteiger partial charge in [0.1, 0.15) is 5.75 Å². The third-order valence-electron chi connectivity index (χ3n) is 2.97. The summed E-state index contributed by atoms with van der Waals surface area (Å²) in [6, 6.07) is -0.433. The van der Waals surface area contributed by atoms with E-state index in [4.69, 9.17) is 10.5 Å². The zero-order chi connectivity index (χ0) is 16.4. The first-order chi connectivity index (χ1) is 9.52. The van der Waals surface area contributed by atoms with Crippen LogP contribution in [0, 0.1) is 0 Å². The minimum Gasteiger partial charge on any atom is -0.496 e. The van der Waals surface area contributed by atoms with Crippen molar-refractivity contribution in [1.29, 1.82) is 0 Å². The fourth-order valence-electron chi connectivity index (χ4n) is 2.03. The van der Waals surface area contributed by atoms with Gasteiger partial charge < -0.3 is 10.5 Å². The monoisotopic (exact) mass is 315 g/mol. The Morgan fingerprint density at radius 2 is 1.67 bits per heavy atom. The van der Waals surface area contributed by atoms with Crippen LogP contribution in [0.3, 0.4) is 0 Å². The van der Waals surface area contributed by atoms with E-state index in [2.05, 4.69) is 0 Å². The smallest absolute Gasteiger partial charge is 0.416 e. The van der Waals surface area contributed by atoms with Crippen molar-refractivity contribution in [2.45, 2.75) is 38.2 Å². The first kappa shape index (κ1) is 17.6. The van der Waals surface area contributed by atoms with Crippen molar-refractivity contribution < 1.29 is 31.1 Å². The van der Waals surface area contributed by atoms with Gasteiger partial charge in [-0.15, -0.1) is 0 Å². The van der Waals surface area contributed by atoms with Crippen LogP contribution in [0.4, 0.5) is 26.3 Å². The highest BCUT2D eigenvalue weighted by molar-refractivity contribution is 5.48. The number of hydrogen-bond donors (Lipinski definition) is 1. The van der Waals surface area contributed by atoms with Crippen molar-refractivity contribution in [3.8, 4) is 5.75 Å². The molecule has 1 aromatic rings. The lowest BCUT2D eigenvalue weighted by Crippen LogP contribution is -2.20. The highest BCUT2D eigenvalue weighted by Gasteiger charge is 2.40. The summed E-state index contributed by atoms with van der Waals surface area (Å²) >= 11 is 0. The highest BCUT2D eigenvalue weighted by Crippen LogP contribution is 2.43. The fraction of sp³-hybridized carbons (Fsp3) is 0.538. The second-order valence-electron chi connectivity index (χ2n) is 4.53. The summed E-state index contributed by atoms with van der Waals surface area (Å²) in [7, 11) is 1.01. The summed E-state index contributed by atoms with van der Waals surface area (Å²) in [6.07, 6.45) is -9.16. The van der Waals surface area contributed by atoms with Gasteiger partial charge >= 0.3 is 12.4 Å². The van der Waals surface area contributed by atoms with Gasteiger partial charge in [0, 0.05) is 11.6 Å². The van der Waals surface area contributed by atoms with Gasteiger partial charge in [0.05, 0.1) is 18.2 Å². The van der Waals surface area contributed by atoms with Crippen molar-refractivity contribution >= 4 is 0 Å². The van der Waals surface area contributed by atoms with Crippen LogP contribution in [-0.2, 0) is 12.4 Å². The summed E-state index contributed by atoms with van der Waals surface area (Å²) in [5.41, 5.74) is 2.41. The standard InChI is InChI=1S/C13H15F6NO/c1-3-4-9(20)11-8(13(17,18)19)5-7(12(14,15)16)6-10(11)21-2/h5-6,9H,3-4,20H2,1-2H3/t9-/m0/s1. The van der Waals surface area contributed by atoms with Crippen LogP contribution in [0.5, 0.6) is 5.75 Å². The summed E-state index contributed by atoms with van der Waals surface area (Å²) in [5.74, 6) is -0.502. The average molecular weight is 315 g/mol. The summed E-state index contributed by atoms with van der Waals surface area (Å²) in [6.45, 7) is 1.71. The van der Waals surface area contributed by atoms with Gasteiger partial charge in [-0.2, -0.15) is 26.3 Å². The molecule has 1 atom stereocenters. The quantitative estimate of drug-likeness (QED) is 0.828. The highest BCUT2D eigenvalue weighted by atomic mass is 19.4. The Morgan fingerprint density at radius 1 is 1.10 bits per heavy atom. The molecule has 0 amide bonds. The van der Waals surface area contributed by atoms with Gasteiger partial charge in [-0.1, -0.05) is 13.3 Å². The molecule has 0 spiro atoms. The molecule has 0 aromatic heterocycles. The Hall–Kier alpha value is -1.44. The molecule has 1 aromatic carbocycles. The van der Waals surface area contributed by atoms with Gasteiger partial charge in [0.25, 0.3) is 0 Å². The second kappa shape index (κ2) is 6.13. The van der Waals surface area contributed by atoms with Crippen molar-refractivity contribution in [2.24, 2.45) is 5.73 Å². The maximum Gasteiger partial charge on any atom is 0.416 e. The largest absolute Gasteiger partial charge is 0.496 e. The first-order valence-corrected chi connectivity index (χ1v) is 6.14. The molecule has 0 radical (unpaired) electrons. The van der Waals surface area contributed by atoms with E-state index in [1.807, 2.05) is 0 Å². The Bertz CT molecular complexity index is 495. The lowest BCUT2D eigenvalue weighted by Gasteiger charge is -2.22. The van der Waals surface area contributed by atoms with E-state index in [9.17, 15) is 26.3 Å². The average Bonchev–Trinajstić information content (AvgIpc) is 2.35. The SMILES string of the molecule is CCC[C@H](N)c1c(OC)cc(C(F)(F)F)cc1C(F)(F)F. The second-order valence-corrected chi connectivity index (χ2v) is 4.53. The molecule has 0 saturated heterocycles. The first-order valence-electron chi connectivity index (χ1n) is 6.14. The molecule has 1 rings (SSSR count). The van der Waals surface area contributed by atoms with Gasteiger partial charge in [-0.3, -0.25) is 0 Å². The van der Waals surface area contributed by atoms with E-state index in [0.29, 0.717) is 12.5 Å². The molecule has 0 bridgehead atoms. The number of rotatable bonds is 4. The van der Waals surface area contributed by atoms with Crippen LogP contribution in [0.2, 0.25) is 0 Å². The maximum atomic E-state index is 13.1. The van der Waals surface area contributed by atoms with E-state index < -0.39 is 40.8 Å². The number of nitrogens with two attached hydrogens (primary N) is 1. The molecule has 0 heterocycles. The van der Waals surface area contributed by atoms with Gasteiger partial charge in [0.15, 0.2) is 0 Å². The van der Waals surface area contributed by atoms with Crippen LogP contribution in [0.15, 0.2) is 12.1 Å². The van der Waals surface area contributed by atoms with E-state index in [-0.39, 0.29) is 12.5 Å². The van der Waals surface area contributed by atoms with Crippen molar-refractivity contribution in [2.75, 3.05) is 7.11 Å². The summed E-state index contributed by atoms with van der Waals surface area (Å²) in [4.78, 5) is 0. The molecule has 0 unspecified atom stereocenters. The Kier molecular flexibility index (Phi) is 5.14. The van der Waals surface area contributed by atoms with E-state index in [1.54, 1.807) is 6.92 Å².